The third-order valence-electron chi connectivity index (χ3n) is 6.10. The Hall–Kier alpha value is -1.98. The first kappa shape index (κ1) is 14.6. The molecule has 1 aromatic rings. The van der Waals surface area contributed by atoms with Gasteiger partial charge in [0, 0.05) is 12.2 Å². The van der Waals surface area contributed by atoms with Gasteiger partial charge in [0.25, 0.3) is 5.91 Å². The van der Waals surface area contributed by atoms with Gasteiger partial charge >= 0.3 is 0 Å². The second-order valence-electron chi connectivity index (χ2n) is 7.57. The lowest BCUT2D eigenvalue weighted by atomic mass is 9.47. The molecule has 2 amide bonds. The maximum absolute atomic E-state index is 12.6. The van der Waals surface area contributed by atoms with Crippen LogP contribution >= 0.6 is 0 Å². The van der Waals surface area contributed by atoms with E-state index in [-0.39, 0.29) is 17.9 Å². The van der Waals surface area contributed by atoms with E-state index in [1.165, 1.54) is 6.42 Å². The maximum atomic E-state index is 12.6. The van der Waals surface area contributed by atoms with Crippen molar-refractivity contribution in [1.82, 2.24) is 15.3 Å². The Labute approximate surface area is 135 Å². The molecule has 3 atom stereocenters. The SMILES string of the molecule is Cc1nccc(C(=O)NC2C3CC4CC(C3)CC2(C(N)=O)C4)n1. The number of aryl methyl sites for hydroxylation is 1. The summed E-state index contributed by atoms with van der Waals surface area (Å²) in [6.07, 6.45) is 6.64. The number of carbonyl (C=O) groups is 2. The van der Waals surface area contributed by atoms with Gasteiger partial charge in [0.2, 0.25) is 5.91 Å². The first-order chi connectivity index (χ1) is 11.0. The number of hydrogen-bond acceptors (Lipinski definition) is 4. The van der Waals surface area contributed by atoms with Gasteiger partial charge in [-0.05, 0) is 62.8 Å². The summed E-state index contributed by atoms with van der Waals surface area (Å²) in [5.41, 5.74) is 5.59. The number of nitrogens with two attached hydrogens (primary N) is 1. The molecule has 6 nitrogen and oxygen atoms in total. The van der Waals surface area contributed by atoms with Gasteiger partial charge in [-0.1, -0.05) is 0 Å². The van der Waals surface area contributed by atoms with E-state index in [9.17, 15) is 9.59 Å². The summed E-state index contributed by atoms with van der Waals surface area (Å²) < 4.78 is 0. The number of rotatable bonds is 3. The molecule has 0 aliphatic heterocycles. The normalized spacial score (nSPS) is 37.6. The van der Waals surface area contributed by atoms with E-state index in [4.69, 9.17) is 5.73 Å². The van der Waals surface area contributed by atoms with Crippen LogP contribution in [0.3, 0.4) is 0 Å². The summed E-state index contributed by atoms with van der Waals surface area (Å²) in [7, 11) is 0. The molecule has 122 valence electrons. The molecule has 3 unspecified atom stereocenters. The molecule has 5 rings (SSSR count). The Morgan fingerprint density at radius 1 is 1.26 bits per heavy atom. The van der Waals surface area contributed by atoms with Crippen molar-refractivity contribution >= 4 is 11.8 Å². The van der Waals surface area contributed by atoms with E-state index in [0.29, 0.717) is 29.3 Å². The molecule has 0 radical (unpaired) electrons. The van der Waals surface area contributed by atoms with Gasteiger partial charge in [-0.25, -0.2) is 9.97 Å². The number of nitrogens with zero attached hydrogens (tertiary/aromatic N) is 2. The monoisotopic (exact) mass is 314 g/mol. The van der Waals surface area contributed by atoms with Crippen LogP contribution in [0.15, 0.2) is 12.3 Å². The van der Waals surface area contributed by atoms with Gasteiger partial charge in [0.05, 0.1) is 5.41 Å². The van der Waals surface area contributed by atoms with Gasteiger partial charge in [0.1, 0.15) is 11.5 Å². The first-order valence-electron chi connectivity index (χ1n) is 8.38. The van der Waals surface area contributed by atoms with Crippen LogP contribution in [0.5, 0.6) is 0 Å². The van der Waals surface area contributed by atoms with E-state index < -0.39 is 5.41 Å². The topological polar surface area (TPSA) is 98.0 Å². The minimum absolute atomic E-state index is 0.157. The predicted octanol–water partition coefficient (Wildman–Crippen LogP) is 1.20. The van der Waals surface area contributed by atoms with Crippen LogP contribution < -0.4 is 11.1 Å². The lowest BCUT2D eigenvalue weighted by Gasteiger charge is -2.59. The average Bonchev–Trinajstić information content (AvgIpc) is 2.50. The van der Waals surface area contributed by atoms with Crippen molar-refractivity contribution in [2.75, 3.05) is 0 Å². The van der Waals surface area contributed by atoms with Gasteiger partial charge in [-0.2, -0.15) is 0 Å². The zero-order chi connectivity index (χ0) is 16.2. The van der Waals surface area contributed by atoms with Gasteiger partial charge < -0.3 is 11.1 Å². The molecule has 23 heavy (non-hydrogen) atoms. The van der Waals surface area contributed by atoms with Gasteiger partial charge in [-0.15, -0.1) is 0 Å². The molecule has 3 N–H and O–H groups in total. The summed E-state index contributed by atoms with van der Waals surface area (Å²) in [6, 6.07) is 1.45. The van der Waals surface area contributed by atoms with Crippen molar-refractivity contribution in [2.45, 2.75) is 45.1 Å². The lowest BCUT2D eigenvalue weighted by molar-refractivity contribution is -0.148. The molecular weight excluding hydrogens is 292 g/mol. The van der Waals surface area contributed by atoms with Crippen LogP contribution in [0.2, 0.25) is 0 Å². The highest BCUT2D eigenvalue weighted by atomic mass is 16.2. The van der Waals surface area contributed by atoms with Crippen LogP contribution in [-0.4, -0.2) is 27.8 Å². The minimum Gasteiger partial charge on any atom is -0.369 e. The Kier molecular flexibility index (Phi) is 3.18. The van der Waals surface area contributed by atoms with Crippen molar-refractivity contribution in [3.05, 3.63) is 23.8 Å². The first-order valence-corrected chi connectivity index (χ1v) is 8.38. The number of aromatic nitrogens is 2. The van der Waals surface area contributed by atoms with Crippen LogP contribution in [0.25, 0.3) is 0 Å². The van der Waals surface area contributed by atoms with E-state index >= 15 is 0 Å². The highest BCUT2D eigenvalue weighted by Crippen LogP contribution is 2.59. The number of carbonyl (C=O) groups excluding carboxylic acids is 2. The molecule has 0 saturated heterocycles. The molecule has 4 aliphatic carbocycles. The van der Waals surface area contributed by atoms with Crippen molar-refractivity contribution < 1.29 is 9.59 Å². The second-order valence-corrected chi connectivity index (χ2v) is 7.57. The fourth-order valence-electron chi connectivity index (χ4n) is 5.45. The summed E-state index contributed by atoms with van der Waals surface area (Å²) >= 11 is 0. The molecule has 4 bridgehead atoms. The summed E-state index contributed by atoms with van der Waals surface area (Å²) in [6.45, 7) is 1.75. The third-order valence-corrected chi connectivity index (χ3v) is 6.10. The quantitative estimate of drug-likeness (QED) is 0.875. The lowest BCUT2D eigenvalue weighted by Crippen LogP contribution is -2.66. The number of amides is 2. The van der Waals surface area contributed by atoms with Crippen molar-refractivity contribution in [2.24, 2.45) is 28.9 Å². The smallest absolute Gasteiger partial charge is 0.270 e. The van der Waals surface area contributed by atoms with Gasteiger partial charge in [0.15, 0.2) is 0 Å². The van der Waals surface area contributed by atoms with Crippen molar-refractivity contribution in [3.8, 4) is 0 Å². The maximum Gasteiger partial charge on any atom is 0.270 e. The molecular formula is C17H22N4O2. The Morgan fingerprint density at radius 3 is 2.57 bits per heavy atom. The Bertz CT molecular complexity index is 660. The molecule has 0 aromatic carbocycles. The Morgan fingerprint density at radius 2 is 1.96 bits per heavy atom. The van der Waals surface area contributed by atoms with Gasteiger partial charge in [-0.3, -0.25) is 9.59 Å². The molecule has 1 heterocycles. The third kappa shape index (κ3) is 2.23. The molecule has 4 saturated carbocycles. The minimum atomic E-state index is -0.563. The van der Waals surface area contributed by atoms with Crippen LogP contribution in [0.1, 0.15) is 48.4 Å². The van der Waals surface area contributed by atoms with Crippen LogP contribution in [-0.2, 0) is 4.79 Å². The summed E-state index contributed by atoms with van der Waals surface area (Å²) in [4.78, 5) is 33.1. The molecule has 4 fully saturated rings. The van der Waals surface area contributed by atoms with E-state index in [0.717, 1.165) is 25.7 Å². The molecule has 0 spiro atoms. The molecule has 6 heteroatoms. The molecule has 1 aromatic heterocycles. The van der Waals surface area contributed by atoms with E-state index in [2.05, 4.69) is 15.3 Å². The Balaban J connectivity index is 1.62. The summed E-state index contributed by atoms with van der Waals surface area (Å²) in [5, 5.41) is 3.10. The highest BCUT2D eigenvalue weighted by molar-refractivity contribution is 5.93. The van der Waals surface area contributed by atoms with Crippen molar-refractivity contribution in [3.63, 3.8) is 0 Å². The van der Waals surface area contributed by atoms with Crippen LogP contribution in [0, 0.1) is 30.1 Å². The largest absolute Gasteiger partial charge is 0.369 e. The standard InChI is InChI=1S/C17H22N4O2/c1-9-19-3-2-13(20-9)15(22)21-14-12-5-10-4-11(6-12)8-17(14,7-10)16(18)23/h2-3,10-12,14H,4-8H2,1H3,(H2,18,23)(H,21,22). The average molecular weight is 314 g/mol. The van der Waals surface area contributed by atoms with E-state index in [1.807, 2.05) is 0 Å². The fraction of sp³-hybridized carbons (Fsp3) is 0.647. The summed E-state index contributed by atoms with van der Waals surface area (Å²) in [5.74, 6) is 1.63. The zero-order valence-electron chi connectivity index (χ0n) is 13.3. The van der Waals surface area contributed by atoms with E-state index in [1.54, 1.807) is 19.2 Å². The number of primary amides is 1. The predicted molar refractivity (Wildman–Crippen MR) is 83.2 cm³/mol. The highest BCUT2D eigenvalue weighted by Gasteiger charge is 2.60. The molecule has 4 aliphatic rings. The number of nitrogens with one attached hydrogen (secondary N) is 1. The van der Waals surface area contributed by atoms with Crippen molar-refractivity contribution in [1.29, 1.82) is 0 Å². The fourth-order valence-corrected chi connectivity index (χ4v) is 5.45. The second kappa shape index (κ2) is 5.01. The number of hydrogen-bond donors (Lipinski definition) is 2. The zero-order valence-corrected chi connectivity index (χ0v) is 13.3. The van der Waals surface area contributed by atoms with Crippen LogP contribution in [0.4, 0.5) is 0 Å².